The fourth-order valence-corrected chi connectivity index (χ4v) is 2.74. The summed E-state index contributed by atoms with van der Waals surface area (Å²) in [7, 11) is 0. The van der Waals surface area contributed by atoms with Gasteiger partial charge in [0.15, 0.2) is 0 Å². The van der Waals surface area contributed by atoms with Gasteiger partial charge in [0, 0.05) is 30.9 Å². The van der Waals surface area contributed by atoms with Gasteiger partial charge in [0.1, 0.15) is 11.5 Å². The minimum atomic E-state index is -4.39. The third-order valence-electron chi connectivity index (χ3n) is 4.20. The number of aromatic nitrogens is 4. The van der Waals surface area contributed by atoms with Gasteiger partial charge in [-0.15, -0.1) is 0 Å². The van der Waals surface area contributed by atoms with Crippen LogP contribution in [-0.2, 0) is 6.18 Å². The summed E-state index contributed by atoms with van der Waals surface area (Å²) < 4.78 is 38.1. The van der Waals surface area contributed by atoms with E-state index >= 15 is 0 Å². The van der Waals surface area contributed by atoms with Crippen LogP contribution in [0.5, 0.6) is 0 Å². The highest BCUT2D eigenvalue weighted by molar-refractivity contribution is 5.34. The van der Waals surface area contributed by atoms with Crippen LogP contribution in [0.25, 0.3) is 0 Å². The molecule has 23 heavy (non-hydrogen) atoms. The zero-order valence-corrected chi connectivity index (χ0v) is 13.0. The molecule has 1 atom stereocenters. The quantitative estimate of drug-likeness (QED) is 0.921. The van der Waals surface area contributed by atoms with Crippen LogP contribution in [0.1, 0.15) is 41.5 Å². The summed E-state index contributed by atoms with van der Waals surface area (Å²) in [4.78, 5) is 17.2. The number of aromatic amines is 1. The lowest BCUT2D eigenvalue weighted by Crippen LogP contribution is -2.36. The third kappa shape index (κ3) is 3.30. The van der Waals surface area contributed by atoms with Crippen LogP contribution in [0.15, 0.2) is 12.4 Å². The Morgan fingerprint density at radius 1 is 1.22 bits per heavy atom. The molecule has 1 aliphatic heterocycles. The van der Waals surface area contributed by atoms with Crippen molar-refractivity contribution in [1.29, 1.82) is 0 Å². The van der Waals surface area contributed by atoms with Gasteiger partial charge < -0.3 is 9.88 Å². The average Bonchev–Trinajstić information content (AvgIpc) is 3.00. The van der Waals surface area contributed by atoms with Crippen molar-refractivity contribution in [3.8, 4) is 0 Å². The van der Waals surface area contributed by atoms with Crippen molar-refractivity contribution in [3.63, 3.8) is 0 Å². The second-order valence-electron chi connectivity index (χ2n) is 5.90. The highest BCUT2D eigenvalue weighted by Gasteiger charge is 2.34. The van der Waals surface area contributed by atoms with Gasteiger partial charge in [-0.1, -0.05) is 0 Å². The predicted octanol–water partition coefficient (Wildman–Crippen LogP) is 3.22. The van der Waals surface area contributed by atoms with Crippen molar-refractivity contribution in [1.82, 2.24) is 19.9 Å². The van der Waals surface area contributed by atoms with Gasteiger partial charge in [-0.2, -0.15) is 13.2 Å². The van der Waals surface area contributed by atoms with Crippen molar-refractivity contribution in [2.24, 2.45) is 0 Å². The molecule has 0 bridgehead atoms. The Bertz CT molecular complexity index is 695. The number of hydrogen-bond donors (Lipinski definition) is 1. The summed E-state index contributed by atoms with van der Waals surface area (Å²) >= 11 is 0. The van der Waals surface area contributed by atoms with Crippen LogP contribution in [0.3, 0.4) is 0 Å². The Kier molecular flexibility index (Phi) is 3.99. The molecule has 0 saturated carbocycles. The molecule has 8 heteroatoms. The third-order valence-corrected chi connectivity index (χ3v) is 4.20. The van der Waals surface area contributed by atoms with Crippen molar-refractivity contribution in [3.05, 3.63) is 35.2 Å². The zero-order chi connectivity index (χ0) is 16.6. The molecule has 3 rings (SSSR count). The van der Waals surface area contributed by atoms with Gasteiger partial charge in [0.05, 0.1) is 6.20 Å². The molecular formula is C15H18F3N5. The lowest BCUT2D eigenvalue weighted by Gasteiger charge is -2.32. The van der Waals surface area contributed by atoms with Gasteiger partial charge in [-0.05, 0) is 32.3 Å². The van der Waals surface area contributed by atoms with Crippen LogP contribution in [0.2, 0.25) is 0 Å². The number of nitrogens with zero attached hydrogens (tertiary/aromatic N) is 4. The maximum absolute atomic E-state index is 12.7. The first-order valence-electron chi connectivity index (χ1n) is 7.52. The second-order valence-corrected chi connectivity index (χ2v) is 5.90. The van der Waals surface area contributed by atoms with E-state index in [0.29, 0.717) is 18.3 Å². The molecule has 1 fully saturated rings. The molecule has 2 aromatic heterocycles. The number of alkyl halides is 3. The van der Waals surface area contributed by atoms with E-state index in [0.717, 1.165) is 36.8 Å². The molecule has 1 N–H and O–H groups in total. The average molecular weight is 325 g/mol. The number of aryl methyl sites for hydroxylation is 2. The summed E-state index contributed by atoms with van der Waals surface area (Å²) in [5.74, 6) is 0.927. The lowest BCUT2D eigenvalue weighted by molar-refractivity contribution is -0.141. The topological polar surface area (TPSA) is 57.7 Å². The van der Waals surface area contributed by atoms with E-state index < -0.39 is 11.9 Å². The minimum Gasteiger partial charge on any atom is -0.340 e. The second kappa shape index (κ2) is 5.82. The molecule has 2 aromatic rings. The van der Waals surface area contributed by atoms with E-state index in [2.05, 4.69) is 19.9 Å². The number of halogens is 3. The fourth-order valence-electron chi connectivity index (χ4n) is 2.74. The Hall–Kier alpha value is -2.12. The minimum absolute atomic E-state index is 0.0786. The van der Waals surface area contributed by atoms with E-state index in [9.17, 15) is 13.2 Å². The summed E-state index contributed by atoms with van der Waals surface area (Å²) in [6, 6.07) is 0. The van der Waals surface area contributed by atoms with E-state index in [1.165, 1.54) is 0 Å². The van der Waals surface area contributed by atoms with Crippen LogP contribution in [0.4, 0.5) is 19.1 Å². The molecule has 0 spiro atoms. The molecular weight excluding hydrogens is 307 g/mol. The van der Waals surface area contributed by atoms with E-state index in [1.54, 1.807) is 6.20 Å². The summed E-state index contributed by atoms with van der Waals surface area (Å²) in [6.45, 7) is 5.23. The largest absolute Gasteiger partial charge is 0.432 e. The first-order valence-corrected chi connectivity index (χ1v) is 7.52. The Labute approximate surface area is 132 Å². The monoisotopic (exact) mass is 325 g/mol. The summed E-state index contributed by atoms with van der Waals surface area (Å²) in [6.07, 6.45) is -0.0946. The normalized spacial score (nSPS) is 19.2. The first kappa shape index (κ1) is 15.8. The first-order chi connectivity index (χ1) is 10.8. The molecule has 124 valence electrons. The SMILES string of the molecule is Cc1cnc(N2CCC[C@@H](c3ncc(C(F)(F)F)[nH]3)C2)nc1C. The van der Waals surface area contributed by atoms with Crippen LogP contribution < -0.4 is 4.90 Å². The van der Waals surface area contributed by atoms with Gasteiger partial charge in [-0.25, -0.2) is 15.0 Å². The number of piperidine rings is 1. The van der Waals surface area contributed by atoms with Crippen LogP contribution in [-0.4, -0.2) is 33.0 Å². The number of hydrogen-bond acceptors (Lipinski definition) is 4. The Balaban J connectivity index is 1.78. The number of anilines is 1. The zero-order valence-electron chi connectivity index (χ0n) is 13.0. The molecule has 5 nitrogen and oxygen atoms in total. The van der Waals surface area contributed by atoms with Gasteiger partial charge in [-0.3, -0.25) is 0 Å². The van der Waals surface area contributed by atoms with Crippen molar-refractivity contribution in [2.75, 3.05) is 18.0 Å². The molecule has 0 aliphatic carbocycles. The van der Waals surface area contributed by atoms with E-state index in [4.69, 9.17) is 0 Å². The van der Waals surface area contributed by atoms with Crippen LogP contribution >= 0.6 is 0 Å². The molecule has 0 amide bonds. The standard InChI is InChI=1S/C15H18F3N5/c1-9-6-20-14(21-10(9)2)23-5-3-4-11(8-23)13-19-7-12(22-13)15(16,17)18/h6-7,11H,3-5,8H2,1-2H3,(H,19,22)/t11-/m1/s1. The maximum atomic E-state index is 12.7. The smallest absolute Gasteiger partial charge is 0.340 e. The number of imidazole rings is 1. The van der Waals surface area contributed by atoms with E-state index in [-0.39, 0.29) is 5.92 Å². The molecule has 1 saturated heterocycles. The lowest BCUT2D eigenvalue weighted by atomic mass is 9.97. The molecule has 0 radical (unpaired) electrons. The predicted molar refractivity (Wildman–Crippen MR) is 79.3 cm³/mol. The van der Waals surface area contributed by atoms with Crippen LogP contribution in [0, 0.1) is 13.8 Å². The molecule has 1 aliphatic rings. The number of H-pyrrole nitrogens is 1. The van der Waals surface area contributed by atoms with Gasteiger partial charge >= 0.3 is 6.18 Å². The van der Waals surface area contributed by atoms with Crippen molar-refractivity contribution < 1.29 is 13.2 Å². The van der Waals surface area contributed by atoms with Crippen molar-refractivity contribution >= 4 is 5.95 Å². The summed E-state index contributed by atoms with van der Waals surface area (Å²) in [5, 5.41) is 0. The number of nitrogens with one attached hydrogen (secondary N) is 1. The molecule has 0 unspecified atom stereocenters. The molecule has 0 aromatic carbocycles. The summed E-state index contributed by atoms with van der Waals surface area (Å²) in [5.41, 5.74) is 1.13. The fraction of sp³-hybridized carbons (Fsp3) is 0.533. The van der Waals surface area contributed by atoms with Crippen molar-refractivity contribution in [2.45, 2.75) is 38.8 Å². The highest BCUT2D eigenvalue weighted by Crippen LogP contribution is 2.31. The van der Waals surface area contributed by atoms with Gasteiger partial charge in [0.2, 0.25) is 5.95 Å². The van der Waals surface area contributed by atoms with E-state index in [1.807, 2.05) is 18.7 Å². The highest BCUT2D eigenvalue weighted by atomic mass is 19.4. The van der Waals surface area contributed by atoms with Gasteiger partial charge in [0.25, 0.3) is 0 Å². The Morgan fingerprint density at radius 2 is 2.00 bits per heavy atom. The Morgan fingerprint density at radius 3 is 2.65 bits per heavy atom. The number of rotatable bonds is 2. The molecule has 3 heterocycles. The maximum Gasteiger partial charge on any atom is 0.432 e.